The maximum atomic E-state index is 12.3. The third-order valence-corrected chi connectivity index (χ3v) is 4.38. The Morgan fingerprint density at radius 1 is 0.897 bits per heavy atom. The lowest BCUT2D eigenvalue weighted by Crippen LogP contribution is -2.19. The summed E-state index contributed by atoms with van der Waals surface area (Å²) < 4.78 is 15.6. The van der Waals surface area contributed by atoms with Gasteiger partial charge in [0.25, 0.3) is 0 Å². The van der Waals surface area contributed by atoms with E-state index < -0.39 is 11.7 Å². The number of nitrogens with one attached hydrogen (secondary N) is 2. The van der Waals surface area contributed by atoms with Crippen LogP contribution in [0.4, 0.5) is 16.2 Å². The first-order valence-electron chi connectivity index (χ1n) is 8.70. The topological polar surface area (TPSA) is 103 Å². The summed E-state index contributed by atoms with van der Waals surface area (Å²) in [5.41, 5.74) is 1.04. The van der Waals surface area contributed by atoms with Crippen molar-refractivity contribution in [3.05, 3.63) is 65.1 Å². The van der Waals surface area contributed by atoms with Crippen LogP contribution in [0, 0.1) is 0 Å². The standard InChI is InChI=1S/C21H17N3O5/c1-27-14-5-6-15-16(10-14)17-9-12(3-7-18(17)29-20(15)25)23-21(26)24-13-4-8-19(28-2)22-11-13/h3-11H,1-2H3,(H2,23,24,26). The molecule has 2 N–H and O–H groups in total. The fourth-order valence-corrected chi connectivity index (χ4v) is 2.98. The number of nitrogens with zero attached hydrogens (tertiary/aromatic N) is 1. The maximum Gasteiger partial charge on any atom is 0.344 e. The molecule has 4 aromatic rings. The van der Waals surface area contributed by atoms with Crippen LogP contribution in [0.15, 0.2) is 63.9 Å². The number of pyridine rings is 1. The van der Waals surface area contributed by atoms with Crippen molar-refractivity contribution in [2.75, 3.05) is 24.9 Å². The average Bonchev–Trinajstić information content (AvgIpc) is 2.74. The summed E-state index contributed by atoms with van der Waals surface area (Å²) in [5, 5.41) is 7.25. The van der Waals surface area contributed by atoms with E-state index in [0.29, 0.717) is 44.7 Å². The van der Waals surface area contributed by atoms with Gasteiger partial charge in [0.1, 0.15) is 11.3 Å². The molecule has 0 bridgehead atoms. The Morgan fingerprint density at radius 3 is 2.41 bits per heavy atom. The minimum atomic E-state index is -0.435. The lowest BCUT2D eigenvalue weighted by Gasteiger charge is -2.10. The number of hydrogen-bond donors (Lipinski definition) is 2. The summed E-state index contributed by atoms with van der Waals surface area (Å²) in [7, 11) is 3.07. The van der Waals surface area contributed by atoms with E-state index >= 15 is 0 Å². The summed E-state index contributed by atoms with van der Waals surface area (Å²) in [6.07, 6.45) is 1.49. The number of ether oxygens (including phenoxy) is 2. The van der Waals surface area contributed by atoms with Gasteiger partial charge in [-0.1, -0.05) is 0 Å². The van der Waals surface area contributed by atoms with Crippen molar-refractivity contribution in [3.63, 3.8) is 0 Å². The smallest absolute Gasteiger partial charge is 0.344 e. The van der Waals surface area contributed by atoms with Crippen LogP contribution in [0.3, 0.4) is 0 Å². The van der Waals surface area contributed by atoms with E-state index in [1.165, 1.54) is 13.3 Å². The molecule has 0 radical (unpaired) electrons. The second kappa shape index (κ2) is 7.51. The molecule has 0 spiro atoms. The molecule has 2 amide bonds. The molecule has 0 unspecified atom stereocenters. The van der Waals surface area contributed by atoms with Gasteiger partial charge < -0.3 is 24.5 Å². The molecule has 8 heteroatoms. The lowest BCUT2D eigenvalue weighted by molar-refractivity contribution is 0.262. The van der Waals surface area contributed by atoms with Crippen molar-refractivity contribution < 1.29 is 18.7 Å². The van der Waals surface area contributed by atoms with Gasteiger partial charge in [-0.15, -0.1) is 0 Å². The zero-order chi connectivity index (χ0) is 20.4. The molecule has 2 heterocycles. The van der Waals surface area contributed by atoms with Crippen molar-refractivity contribution in [3.8, 4) is 11.6 Å². The maximum absolute atomic E-state index is 12.3. The monoisotopic (exact) mass is 391 g/mol. The molecule has 0 aliphatic rings. The van der Waals surface area contributed by atoms with Gasteiger partial charge in [-0.05, 0) is 42.5 Å². The largest absolute Gasteiger partial charge is 0.497 e. The Morgan fingerprint density at radius 2 is 1.69 bits per heavy atom. The Labute approximate surface area is 165 Å². The highest BCUT2D eigenvalue weighted by Gasteiger charge is 2.11. The van der Waals surface area contributed by atoms with E-state index in [4.69, 9.17) is 13.9 Å². The van der Waals surface area contributed by atoms with E-state index in [1.54, 1.807) is 55.6 Å². The Bertz CT molecular complexity index is 1270. The van der Waals surface area contributed by atoms with E-state index in [9.17, 15) is 9.59 Å². The molecule has 2 aromatic heterocycles. The van der Waals surface area contributed by atoms with Gasteiger partial charge in [0, 0.05) is 22.5 Å². The number of aromatic nitrogens is 1. The van der Waals surface area contributed by atoms with Crippen molar-refractivity contribution in [2.45, 2.75) is 0 Å². The molecular weight excluding hydrogens is 374 g/mol. The van der Waals surface area contributed by atoms with Gasteiger partial charge in [-0.2, -0.15) is 0 Å². The van der Waals surface area contributed by atoms with E-state index in [1.807, 2.05) is 0 Å². The summed E-state index contributed by atoms with van der Waals surface area (Å²) in [5.74, 6) is 1.07. The number of fused-ring (bicyclic) bond motifs is 3. The van der Waals surface area contributed by atoms with Crippen LogP contribution in [0.1, 0.15) is 0 Å². The van der Waals surface area contributed by atoms with Gasteiger partial charge in [-0.3, -0.25) is 0 Å². The fraction of sp³-hybridized carbons (Fsp3) is 0.0952. The first-order valence-corrected chi connectivity index (χ1v) is 8.70. The van der Waals surface area contributed by atoms with Crippen LogP contribution >= 0.6 is 0 Å². The lowest BCUT2D eigenvalue weighted by atomic mass is 10.1. The highest BCUT2D eigenvalue weighted by Crippen LogP contribution is 2.28. The molecule has 29 heavy (non-hydrogen) atoms. The van der Waals surface area contributed by atoms with Crippen LogP contribution < -0.4 is 25.7 Å². The number of benzene rings is 2. The third-order valence-electron chi connectivity index (χ3n) is 4.38. The van der Waals surface area contributed by atoms with Crippen LogP contribution in [-0.2, 0) is 0 Å². The van der Waals surface area contributed by atoms with Crippen molar-refractivity contribution >= 4 is 39.1 Å². The number of hydrogen-bond acceptors (Lipinski definition) is 6. The summed E-state index contributed by atoms with van der Waals surface area (Å²) >= 11 is 0. The molecule has 0 atom stereocenters. The predicted molar refractivity (Wildman–Crippen MR) is 110 cm³/mol. The minimum absolute atomic E-state index is 0.418. The van der Waals surface area contributed by atoms with Crippen molar-refractivity contribution in [1.82, 2.24) is 4.98 Å². The van der Waals surface area contributed by atoms with Gasteiger partial charge in [0.15, 0.2) is 0 Å². The summed E-state index contributed by atoms with van der Waals surface area (Å²) in [6, 6.07) is 13.0. The van der Waals surface area contributed by atoms with Crippen molar-refractivity contribution in [1.29, 1.82) is 0 Å². The minimum Gasteiger partial charge on any atom is -0.497 e. The highest BCUT2D eigenvalue weighted by molar-refractivity contribution is 6.07. The number of anilines is 2. The highest BCUT2D eigenvalue weighted by atomic mass is 16.5. The second-order valence-electron chi connectivity index (χ2n) is 6.18. The fourth-order valence-electron chi connectivity index (χ4n) is 2.98. The number of methoxy groups -OCH3 is 2. The zero-order valence-electron chi connectivity index (χ0n) is 15.7. The first kappa shape index (κ1) is 18.3. The predicted octanol–water partition coefficient (Wildman–Crippen LogP) is 4.00. The molecule has 8 nitrogen and oxygen atoms in total. The number of carbonyl (C=O) groups is 1. The second-order valence-corrected chi connectivity index (χ2v) is 6.18. The van der Waals surface area contributed by atoms with Gasteiger partial charge in [0.2, 0.25) is 5.88 Å². The zero-order valence-corrected chi connectivity index (χ0v) is 15.7. The summed E-state index contributed by atoms with van der Waals surface area (Å²) in [4.78, 5) is 28.6. The van der Waals surface area contributed by atoms with E-state index in [0.717, 1.165) is 0 Å². The molecular formula is C21H17N3O5. The normalized spacial score (nSPS) is 10.7. The Balaban J connectivity index is 1.65. The number of amides is 2. The van der Waals surface area contributed by atoms with E-state index in [-0.39, 0.29) is 0 Å². The third kappa shape index (κ3) is 3.68. The molecule has 0 aliphatic carbocycles. The quantitative estimate of drug-likeness (QED) is 0.403. The first-order chi connectivity index (χ1) is 14.1. The Kier molecular flexibility index (Phi) is 4.74. The van der Waals surface area contributed by atoms with E-state index in [2.05, 4.69) is 15.6 Å². The molecule has 146 valence electrons. The summed E-state index contributed by atoms with van der Waals surface area (Å²) in [6.45, 7) is 0. The van der Waals surface area contributed by atoms with Crippen molar-refractivity contribution in [2.24, 2.45) is 0 Å². The molecule has 2 aromatic carbocycles. The molecule has 4 rings (SSSR count). The molecule has 0 aliphatic heterocycles. The van der Waals surface area contributed by atoms with Crippen LogP contribution in [0.2, 0.25) is 0 Å². The van der Waals surface area contributed by atoms with Gasteiger partial charge in [-0.25, -0.2) is 14.6 Å². The number of carbonyl (C=O) groups excluding carboxylic acids is 1. The molecule has 0 saturated heterocycles. The molecule has 0 saturated carbocycles. The molecule has 0 fully saturated rings. The van der Waals surface area contributed by atoms with Crippen LogP contribution in [0.5, 0.6) is 11.6 Å². The van der Waals surface area contributed by atoms with Gasteiger partial charge >= 0.3 is 11.7 Å². The van der Waals surface area contributed by atoms with Gasteiger partial charge in [0.05, 0.1) is 31.5 Å². The average molecular weight is 391 g/mol. The number of rotatable bonds is 4. The Hall–Kier alpha value is -4.07. The van der Waals surface area contributed by atoms with Crippen LogP contribution in [0.25, 0.3) is 21.7 Å². The van der Waals surface area contributed by atoms with Crippen LogP contribution in [-0.4, -0.2) is 25.2 Å². The number of urea groups is 1. The SMILES string of the molecule is COc1ccc2c(=O)oc3ccc(NC(=O)Nc4ccc(OC)nc4)cc3c2c1.